The van der Waals surface area contributed by atoms with Gasteiger partial charge in [-0.25, -0.2) is 4.98 Å². The molecule has 1 aliphatic rings. The largest absolute Gasteiger partial charge is 0.497 e. The summed E-state index contributed by atoms with van der Waals surface area (Å²) in [6, 6.07) is 9.57. The van der Waals surface area contributed by atoms with Gasteiger partial charge in [-0.05, 0) is 23.8 Å². The van der Waals surface area contributed by atoms with Gasteiger partial charge >= 0.3 is 0 Å². The lowest BCUT2D eigenvalue weighted by molar-refractivity contribution is 0.0721. The molecule has 1 aromatic carbocycles. The van der Waals surface area contributed by atoms with E-state index in [1.807, 2.05) is 29.2 Å². The van der Waals surface area contributed by atoms with Crippen LogP contribution in [0.25, 0.3) is 0 Å². The molecule has 1 atom stereocenters. The molecule has 4 rings (SSSR count). The van der Waals surface area contributed by atoms with Gasteiger partial charge in [-0.1, -0.05) is 12.1 Å². The van der Waals surface area contributed by atoms with Crippen LogP contribution in [0, 0.1) is 0 Å². The number of amides is 1. The highest BCUT2D eigenvalue weighted by Crippen LogP contribution is 2.32. The van der Waals surface area contributed by atoms with Crippen LogP contribution in [-0.2, 0) is 6.54 Å². The summed E-state index contributed by atoms with van der Waals surface area (Å²) in [5.41, 5.74) is 3.58. The first-order valence-electron chi connectivity index (χ1n) is 7.98. The summed E-state index contributed by atoms with van der Waals surface area (Å²) in [5.74, 6) is 0.755. The van der Waals surface area contributed by atoms with Crippen molar-refractivity contribution < 1.29 is 9.53 Å². The van der Waals surface area contributed by atoms with Crippen LogP contribution in [0.3, 0.4) is 0 Å². The molecule has 0 fully saturated rings. The molecule has 2 aromatic heterocycles. The number of methoxy groups -OCH3 is 1. The van der Waals surface area contributed by atoms with Crippen LogP contribution in [0.2, 0.25) is 0 Å². The van der Waals surface area contributed by atoms with E-state index in [4.69, 9.17) is 4.74 Å². The lowest BCUT2D eigenvalue weighted by Gasteiger charge is -2.32. The number of aromatic nitrogens is 4. The highest BCUT2D eigenvalue weighted by molar-refractivity contribution is 5.94. The molecule has 1 amide bonds. The maximum atomic E-state index is 12.8. The van der Waals surface area contributed by atoms with Crippen molar-refractivity contribution in [2.75, 3.05) is 13.7 Å². The van der Waals surface area contributed by atoms with Crippen LogP contribution in [0.5, 0.6) is 5.75 Å². The fraction of sp³-hybridized carbons (Fsp3) is 0.222. The Morgan fingerprint density at radius 3 is 2.80 bits per heavy atom. The second-order valence-electron chi connectivity index (χ2n) is 5.91. The molecular formula is C18H17N5O2. The molecule has 0 bridgehead atoms. The van der Waals surface area contributed by atoms with Gasteiger partial charge in [-0.2, -0.15) is 10.2 Å². The van der Waals surface area contributed by atoms with Gasteiger partial charge in [0.1, 0.15) is 5.75 Å². The monoisotopic (exact) mass is 335 g/mol. The lowest BCUT2D eigenvalue weighted by atomic mass is 9.90. The van der Waals surface area contributed by atoms with Crippen molar-refractivity contribution in [3.8, 4) is 5.75 Å². The van der Waals surface area contributed by atoms with E-state index in [1.165, 1.54) is 12.4 Å². The first kappa shape index (κ1) is 15.3. The Kier molecular flexibility index (Phi) is 3.89. The SMILES string of the molecule is COc1ccc(C2CN(C(=O)c3ccnnc3)Cc3[nH]cnc32)cc1. The quantitative estimate of drug-likeness (QED) is 0.791. The number of aromatic amines is 1. The number of nitrogens with zero attached hydrogens (tertiary/aromatic N) is 4. The van der Waals surface area contributed by atoms with E-state index in [1.54, 1.807) is 19.5 Å². The smallest absolute Gasteiger partial charge is 0.255 e. The van der Waals surface area contributed by atoms with Crippen molar-refractivity contribution in [1.29, 1.82) is 0 Å². The fourth-order valence-corrected chi connectivity index (χ4v) is 3.17. The minimum Gasteiger partial charge on any atom is -0.497 e. The molecule has 1 unspecified atom stereocenters. The topological polar surface area (TPSA) is 84.0 Å². The molecule has 0 aliphatic carbocycles. The van der Waals surface area contributed by atoms with Gasteiger partial charge in [0.2, 0.25) is 0 Å². The Labute approximate surface area is 144 Å². The van der Waals surface area contributed by atoms with Crippen LogP contribution < -0.4 is 4.74 Å². The summed E-state index contributed by atoms with van der Waals surface area (Å²) in [4.78, 5) is 22.3. The number of carbonyl (C=O) groups excluding carboxylic acids is 1. The van der Waals surface area contributed by atoms with Gasteiger partial charge in [0.15, 0.2) is 0 Å². The van der Waals surface area contributed by atoms with E-state index in [2.05, 4.69) is 20.2 Å². The predicted octanol–water partition coefficient (Wildman–Crippen LogP) is 2.00. The van der Waals surface area contributed by atoms with Crippen molar-refractivity contribution in [2.45, 2.75) is 12.5 Å². The number of H-pyrrole nitrogens is 1. The molecule has 0 spiro atoms. The fourth-order valence-electron chi connectivity index (χ4n) is 3.17. The van der Waals surface area contributed by atoms with Gasteiger partial charge in [0, 0.05) is 12.5 Å². The van der Waals surface area contributed by atoms with Crippen LogP contribution in [0.15, 0.2) is 49.1 Å². The number of rotatable bonds is 3. The third-order valence-electron chi connectivity index (χ3n) is 4.47. The summed E-state index contributed by atoms with van der Waals surface area (Å²) in [7, 11) is 1.64. The molecule has 3 heterocycles. The number of hydrogen-bond acceptors (Lipinski definition) is 5. The van der Waals surface area contributed by atoms with Crippen LogP contribution >= 0.6 is 0 Å². The molecule has 7 nitrogen and oxygen atoms in total. The summed E-state index contributed by atoms with van der Waals surface area (Å²) in [6.07, 6.45) is 4.70. The molecule has 3 aromatic rings. The van der Waals surface area contributed by atoms with Gasteiger partial charge in [-0.3, -0.25) is 4.79 Å². The molecule has 1 aliphatic heterocycles. The standard InChI is InChI=1S/C18H17N5O2/c1-25-14-4-2-12(3-5-14)15-9-23(10-16-17(15)20-11-19-16)18(24)13-6-7-21-22-8-13/h2-8,11,15H,9-10H2,1H3,(H,19,20). The predicted molar refractivity (Wildman–Crippen MR) is 90.2 cm³/mol. The number of ether oxygens (including phenoxy) is 1. The van der Waals surface area contributed by atoms with Crippen molar-refractivity contribution in [3.05, 3.63) is 71.6 Å². The zero-order valence-electron chi connectivity index (χ0n) is 13.7. The molecule has 1 N–H and O–H groups in total. The second-order valence-corrected chi connectivity index (χ2v) is 5.91. The molecule has 7 heteroatoms. The summed E-state index contributed by atoms with van der Waals surface area (Å²) in [6.45, 7) is 1.06. The zero-order valence-corrected chi connectivity index (χ0v) is 13.7. The third-order valence-corrected chi connectivity index (χ3v) is 4.47. The maximum absolute atomic E-state index is 12.8. The average Bonchev–Trinajstić information content (AvgIpc) is 3.16. The second kappa shape index (κ2) is 6.35. The highest BCUT2D eigenvalue weighted by atomic mass is 16.5. The van der Waals surface area contributed by atoms with Crippen molar-refractivity contribution in [3.63, 3.8) is 0 Å². The molecule has 0 saturated carbocycles. The average molecular weight is 335 g/mol. The first-order valence-corrected chi connectivity index (χ1v) is 7.98. The third kappa shape index (κ3) is 2.84. The van der Waals surface area contributed by atoms with E-state index >= 15 is 0 Å². The van der Waals surface area contributed by atoms with Crippen molar-refractivity contribution >= 4 is 5.91 Å². The van der Waals surface area contributed by atoms with Crippen LogP contribution in [-0.4, -0.2) is 44.6 Å². The molecular weight excluding hydrogens is 318 g/mol. The molecule has 0 radical (unpaired) electrons. The van der Waals surface area contributed by atoms with E-state index < -0.39 is 0 Å². The summed E-state index contributed by atoms with van der Waals surface area (Å²) in [5, 5.41) is 7.53. The Morgan fingerprint density at radius 1 is 1.24 bits per heavy atom. The number of fused-ring (bicyclic) bond motifs is 1. The minimum atomic E-state index is -0.0614. The minimum absolute atomic E-state index is 0.0136. The maximum Gasteiger partial charge on any atom is 0.255 e. The van der Waals surface area contributed by atoms with Gasteiger partial charge in [-0.15, -0.1) is 0 Å². The molecule has 126 valence electrons. The Morgan fingerprint density at radius 2 is 2.08 bits per heavy atom. The molecule has 0 saturated heterocycles. The number of imidazole rings is 1. The Balaban J connectivity index is 1.66. The Hall–Kier alpha value is -3.22. The first-order chi connectivity index (χ1) is 12.3. The van der Waals surface area contributed by atoms with E-state index in [-0.39, 0.29) is 11.8 Å². The van der Waals surface area contributed by atoms with Crippen LogP contribution in [0.4, 0.5) is 0 Å². The number of carbonyl (C=O) groups is 1. The van der Waals surface area contributed by atoms with Crippen molar-refractivity contribution in [2.24, 2.45) is 0 Å². The number of nitrogens with one attached hydrogen (secondary N) is 1. The van der Waals surface area contributed by atoms with Crippen molar-refractivity contribution in [1.82, 2.24) is 25.1 Å². The van der Waals surface area contributed by atoms with E-state index in [0.717, 1.165) is 22.7 Å². The van der Waals surface area contributed by atoms with Gasteiger partial charge in [0.25, 0.3) is 5.91 Å². The number of hydrogen-bond donors (Lipinski definition) is 1. The number of benzene rings is 1. The highest BCUT2D eigenvalue weighted by Gasteiger charge is 2.31. The summed E-state index contributed by atoms with van der Waals surface area (Å²) >= 11 is 0. The van der Waals surface area contributed by atoms with E-state index in [9.17, 15) is 4.79 Å². The Bertz CT molecular complexity index is 876. The van der Waals surface area contributed by atoms with E-state index in [0.29, 0.717) is 18.7 Å². The van der Waals surface area contributed by atoms with Gasteiger partial charge < -0.3 is 14.6 Å². The summed E-state index contributed by atoms with van der Waals surface area (Å²) < 4.78 is 5.23. The van der Waals surface area contributed by atoms with Gasteiger partial charge in [0.05, 0.1) is 49.3 Å². The lowest BCUT2D eigenvalue weighted by Crippen LogP contribution is -2.38. The van der Waals surface area contributed by atoms with Crippen LogP contribution in [0.1, 0.15) is 33.2 Å². The molecule has 25 heavy (non-hydrogen) atoms. The normalized spacial score (nSPS) is 16.4. The zero-order chi connectivity index (χ0) is 17.2.